The summed E-state index contributed by atoms with van der Waals surface area (Å²) in [5.74, 6) is -0.296. The summed E-state index contributed by atoms with van der Waals surface area (Å²) in [7, 11) is 0. The summed E-state index contributed by atoms with van der Waals surface area (Å²) >= 11 is 1.30. The predicted molar refractivity (Wildman–Crippen MR) is 77.2 cm³/mol. The molecule has 0 saturated carbocycles. The molecular formula is C13H17FN4OS. The van der Waals surface area contributed by atoms with Crippen molar-refractivity contribution in [3.8, 4) is 0 Å². The fraction of sp³-hybridized carbons (Fsp3) is 0.385. The van der Waals surface area contributed by atoms with Crippen molar-refractivity contribution in [3.05, 3.63) is 46.1 Å². The number of nitrogens with two attached hydrogens (primary N) is 1. The Morgan fingerprint density at radius 2 is 2.25 bits per heavy atom. The summed E-state index contributed by atoms with van der Waals surface area (Å²) in [6.07, 6.45) is 0.819. The first-order valence-corrected chi connectivity index (χ1v) is 7.31. The number of rotatable bonds is 6. The van der Waals surface area contributed by atoms with Crippen LogP contribution in [0.1, 0.15) is 24.2 Å². The number of nitrogens with zero attached hydrogens (tertiary/aromatic N) is 2. The molecule has 0 bridgehead atoms. The van der Waals surface area contributed by atoms with E-state index in [-0.39, 0.29) is 23.3 Å². The van der Waals surface area contributed by atoms with E-state index in [4.69, 9.17) is 5.73 Å². The number of hydrogen-bond donors (Lipinski definition) is 2. The topological polar surface area (TPSA) is 76.7 Å². The lowest BCUT2D eigenvalue weighted by molar-refractivity contribution is 0.597. The van der Waals surface area contributed by atoms with E-state index < -0.39 is 0 Å². The van der Waals surface area contributed by atoms with Crippen molar-refractivity contribution in [3.63, 3.8) is 0 Å². The highest BCUT2D eigenvalue weighted by Crippen LogP contribution is 2.33. The quantitative estimate of drug-likeness (QED) is 0.798. The SMILES string of the molecule is CCCn1c(SC(CN)c2ccccc2F)n[nH]c1=O. The Kier molecular flexibility index (Phi) is 4.97. The van der Waals surface area contributed by atoms with Gasteiger partial charge in [0, 0.05) is 18.7 Å². The molecule has 5 nitrogen and oxygen atoms in total. The minimum absolute atomic E-state index is 0.251. The normalized spacial score (nSPS) is 12.6. The van der Waals surface area contributed by atoms with Gasteiger partial charge < -0.3 is 5.73 Å². The van der Waals surface area contributed by atoms with E-state index in [0.717, 1.165) is 6.42 Å². The van der Waals surface area contributed by atoms with Crippen LogP contribution in [-0.4, -0.2) is 21.3 Å². The predicted octanol–water partition coefficient (Wildman–Crippen LogP) is 1.91. The van der Waals surface area contributed by atoms with Gasteiger partial charge in [-0.05, 0) is 12.5 Å². The standard InChI is InChI=1S/C13H17FN4OS/c1-2-7-18-12(19)16-17-13(18)20-11(8-15)9-5-3-4-6-10(9)14/h3-6,11H,2,7-8,15H2,1H3,(H,16,19). The minimum Gasteiger partial charge on any atom is -0.329 e. The summed E-state index contributed by atoms with van der Waals surface area (Å²) in [5, 5.41) is 6.67. The number of nitrogens with one attached hydrogen (secondary N) is 1. The van der Waals surface area contributed by atoms with Crippen molar-refractivity contribution in [2.45, 2.75) is 30.3 Å². The number of aromatic nitrogens is 3. The molecule has 20 heavy (non-hydrogen) atoms. The number of aromatic amines is 1. The average molecular weight is 296 g/mol. The minimum atomic E-state index is -0.296. The van der Waals surface area contributed by atoms with E-state index in [1.165, 1.54) is 17.8 Å². The summed E-state index contributed by atoms with van der Waals surface area (Å²) in [5.41, 5.74) is 6.01. The molecule has 0 aliphatic heterocycles. The highest BCUT2D eigenvalue weighted by atomic mass is 32.2. The Bertz CT molecular complexity index is 625. The van der Waals surface area contributed by atoms with Crippen LogP contribution < -0.4 is 11.4 Å². The largest absolute Gasteiger partial charge is 0.343 e. The number of H-pyrrole nitrogens is 1. The molecular weight excluding hydrogens is 279 g/mol. The molecule has 2 rings (SSSR count). The van der Waals surface area contributed by atoms with Crippen molar-refractivity contribution < 1.29 is 4.39 Å². The zero-order chi connectivity index (χ0) is 14.5. The zero-order valence-corrected chi connectivity index (χ0v) is 12.0. The van der Waals surface area contributed by atoms with Crippen LogP contribution in [0.15, 0.2) is 34.2 Å². The van der Waals surface area contributed by atoms with Crippen molar-refractivity contribution in [2.75, 3.05) is 6.54 Å². The summed E-state index contributed by atoms with van der Waals surface area (Å²) in [4.78, 5) is 11.6. The van der Waals surface area contributed by atoms with Gasteiger partial charge in [-0.25, -0.2) is 14.3 Å². The lowest BCUT2D eigenvalue weighted by Gasteiger charge is -2.15. The molecule has 0 aliphatic rings. The lowest BCUT2D eigenvalue weighted by Crippen LogP contribution is -2.18. The average Bonchev–Trinajstić information content (AvgIpc) is 2.79. The monoisotopic (exact) mass is 296 g/mol. The maximum atomic E-state index is 13.8. The molecule has 1 aromatic carbocycles. The molecule has 1 heterocycles. The van der Waals surface area contributed by atoms with Crippen molar-refractivity contribution in [2.24, 2.45) is 5.73 Å². The Morgan fingerprint density at radius 1 is 1.50 bits per heavy atom. The van der Waals surface area contributed by atoms with Gasteiger partial charge in [-0.15, -0.1) is 5.10 Å². The molecule has 1 aromatic heterocycles. The number of hydrogen-bond acceptors (Lipinski definition) is 4. The first-order chi connectivity index (χ1) is 9.67. The van der Waals surface area contributed by atoms with Crippen LogP contribution in [0.25, 0.3) is 0 Å². The molecule has 0 amide bonds. The van der Waals surface area contributed by atoms with E-state index in [1.807, 2.05) is 6.92 Å². The third kappa shape index (κ3) is 3.10. The maximum absolute atomic E-state index is 13.8. The molecule has 2 aromatic rings. The van der Waals surface area contributed by atoms with Gasteiger partial charge in [-0.3, -0.25) is 4.57 Å². The third-order valence-corrected chi connectivity index (χ3v) is 4.14. The highest BCUT2D eigenvalue weighted by Gasteiger charge is 2.19. The molecule has 3 N–H and O–H groups in total. The van der Waals surface area contributed by atoms with E-state index in [9.17, 15) is 9.18 Å². The molecule has 0 spiro atoms. The Morgan fingerprint density at radius 3 is 2.90 bits per heavy atom. The Balaban J connectivity index is 2.27. The van der Waals surface area contributed by atoms with Crippen LogP contribution in [-0.2, 0) is 6.54 Å². The Labute approximate surface area is 120 Å². The van der Waals surface area contributed by atoms with Gasteiger partial charge in [0.2, 0.25) is 0 Å². The van der Waals surface area contributed by atoms with Crippen LogP contribution in [0.4, 0.5) is 4.39 Å². The molecule has 1 unspecified atom stereocenters. The van der Waals surface area contributed by atoms with Gasteiger partial charge in [0.05, 0.1) is 5.25 Å². The van der Waals surface area contributed by atoms with Crippen molar-refractivity contribution in [1.82, 2.24) is 14.8 Å². The van der Waals surface area contributed by atoms with Gasteiger partial charge in [0.1, 0.15) is 5.82 Å². The number of benzene rings is 1. The molecule has 0 aliphatic carbocycles. The van der Waals surface area contributed by atoms with Crippen LogP contribution in [0, 0.1) is 5.82 Å². The second-order valence-corrected chi connectivity index (χ2v) is 5.50. The van der Waals surface area contributed by atoms with Crippen molar-refractivity contribution >= 4 is 11.8 Å². The van der Waals surface area contributed by atoms with E-state index in [1.54, 1.807) is 22.8 Å². The van der Waals surface area contributed by atoms with Crippen LogP contribution in [0.5, 0.6) is 0 Å². The fourth-order valence-electron chi connectivity index (χ4n) is 1.92. The molecule has 0 fully saturated rings. The number of thioether (sulfide) groups is 1. The molecule has 1 atom stereocenters. The number of halogens is 1. The van der Waals surface area contributed by atoms with E-state index in [2.05, 4.69) is 10.2 Å². The van der Waals surface area contributed by atoms with Crippen molar-refractivity contribution in [1.29, 1.82) is 0 Å². The fourth-order valence-corrected chi connectivity index (χ4v) is 2.98. The summed E-state index contributed by atoms with van der Waals surface area (Å²) < 4.78 is 15.4. The lowest BCUT2D eigenvalue weighted by atomic mass is 10.1. The van der Waals surface area contributed by atoms with E-state index in [0.29, 0.717) is 17.3 Å². The molecule has 108 valence electrons. The molecule has 7 heteroatoms. The van der Waals surface area contributed by atoms with Gasteiger partial charge in [0.25, 0.3) is 0 Å². The summed E-state index contributed by atoms with van der Waals surface area (Å²) in [6, 6.07) is 6.51. The van der Waals surface area contributed by atoms with E-state index >= 15 is 0 Å². The Hall–Kier alpha value is -1.60. The second-order valence-electron chi connectivity index (χ2n) is 4.33. The smallest absolute Gasteiger partial charge is 0.329 e. The van der Waals surface area contributed by atoms with Gasteiger partial charge in [-0.2, -0.15) is 0 Å². The molecule has 0 radical (unpaired) electrons. The third-order valence-electron chi connectivity index (χ3n) is 2.88. The zero-order valence-electron chi connectivity index (χ0n) is 11.2. The second kappa shape index (κ2) is 6.71. The van der Waals surface area contributed by atoms with Crippen LogP contribution in [0.3, 0.4) is 0 Å². The summed E-state index contributed by atoms with van der Waals surface area (Å²) in [6.45, 7) is 2.82. The van der Waals surface area contributed by atoms with Crippen LogP contribution in [0.2, 0.25) is 0 Å². The highest BCUT2D eigenvalue weighted by molar-refractivity contribution is 7.99. The van der Waals surface area contributed by atoms with Crippen LogP contribution >= 0.6 is 11.8 Å². The molecule has 0 saturated heterocycles. The van der Waals surface area contributed by atoms with Gasteiger partial charge in [0.15, 0.2) is 5.16 Å². The maximum Gasteiger partial charge on any atom is 0.343 e. The van der Waals surface area contributed by atoms with Gasteiger partial charge >= 0.3 is 5.69 Å². The first kappa shape index (κ1) is 14.8. The first-order valence-electron chi connectivity index (χ1n) is 6.43. The van der Waals surface area contributed by atoms with Gasteiger partial charge in [-0.1, -0.05) is 36.9 Å².